The minimum absolute atomic E-state index is 0. The summed E-state index contributed by atoms with van der Waals surface area (Å²) in [5.74, 6) is 1.11. The van der Waals surface area contributed by atoms with Crippen molar-refractivity contribution in [1.82, 2.24) is 4.98 Å². The summed E-state index contributed by atoms with van der Waals surface area (Å²) in [5.41, 5.74) is 8.07. The van der Waals surface area contributed by atoms with Gasteiger partial charge in [-0.25, -0.2) is 4.39 Å². The van der Waals surface area contributed by atoms with Gasteiger partial charge in [0.2, 0.25) is 0 Å². The van der Waals surface area contributed by atoms with Crippen LogP contribution in [0.3, 0.4) is 0 Å². The summed E-state index contributed by atoms with van der Waals surface area (Å²) in [7, 11) is 0. The Labute approximate surface area is 137 Å². The molecule has 1 aliphatic carbocycles. The van der Waals surface area contributed by atoms with Crippen LogP contribution in [0.15, 0.2) is 30.5 Å². The largest absolute Gasteiger partial charge is 0.328 e. The molecule has 4 heteroatoms. The number of hydrogen-bond acceptors (Lipinski definition) is 2. The summed E-state index contributed by atoms with van der Waals surface area (Å²) in [6, 6.07) is 7.25. The van der Waals surface area contributed by atoms with Crippen LogP contribution in [0, 0.1) is 11.7 Å². The van der Waals surface area contributed by atoms with Gasteiger partial charge in [-0.2, -0.15) is 0 Å². The van der Waals surface area contributed by atoms with Crippen molar-refractivity contribution in [2.24, 2.45) is 11.7 Å². The Kier molecular flexibility index (Phi) is 5.76. The number of rotatable bonds is 3. The number of nitrogens with two attached hydrogens (primary N) is 1. The molecule has 0 bridgehead atoms. The fraction of sp³-hybridized carbons (Fsp3) is 0.500. The molecule has 1 aliphatic rings. The Morgan fingerprint density at radius 2 is 1.95 bits per heavy atom. The first kappa shape index (κ1) is 17.2. The van der Waals surface area contributed by atoms with Gasteiger partial charge in [0.1, 0.15) is 5.82 Å². The molecule has 1 atom stereocenters. The molecule has 22 heavy (non-hydrogen) atoms. The first-order valence-electron chi connectivity index (χ1n) is 7.93. The van der Waals surface area contributed by atoms with Gasteiger partial charge in [0.05, 0.1) is 5.52 Å². The second-order valence-electron chi connectivity index (χ2n) is 6.49. The van der Waals surface area contributed by atoms with Gasteiger partial charge in [-0.1, -0.05) is 0 Å². The third kappa shape index (κ3) is 3.76. The van der Waals surface area contributed by atoms with E-state index in [-0.39, 0.29) is 18.2 Å². The lowest BCUT2D eigenvalue weighted by Crippen LogP contribution is -2.22. The molecule has 120 valence electrons. The fourth-order valence-electron chi connectivity index (χ4n) is 3.73. The van der Waals surface area contributed by atoms with E-state index in [0.29, 0.717) is 12.0 Å². The minimum atomic E-state index is -0.178. The molecule has 2 nitrogen and oxygen atoms in total. The smallest absolute Gasteiger partial charge is 0.123 e. The van der Waals surface area contributed by atoms with Crippen LogP contribution in [0.2, 0.25) is 0 Å². The number of pyridine rings is 1. The van der Waals surface area contributed by atoms with Crippen molar-refractivity contribution in [3.8, 4) is 0 Å². The zero-order valence-electron chi connectivity index (χ0n) is 13.0. The number of hydrogen-bond donors (Lipinski definition) is 1. The number of aromatic nitrogens is 1. The maximum atomic E-state index is 13.5. The predicted molar refractivity (Wildman–Crippen MR) is 91.9 cm³/mol. The van der Waals surface area contributed by atoms with E-state index in [4.69, 9.17) is 5.73 Å². The molecule has 0 spiro atoms. The van der Waals surface area contributed by atoms with Crippen molar-refractivity contribution in [1.29, 1.82) is 0 Å². The summed E-state index contributed by atoms with van der Waals surface area (Å²) < 4.78 is 13.5. The van der Waals surface area contributed by atoms with Crippen LogP contribution in [0.5, 0.6) is 0 Å². The number of halogens is 2. The van der Waals surface area contributed by atoms with Gasteiger partial charge in [-0.05, 0) is 80.7 Å². The van der Waals surface area contributed by atoms with E-state index in [9.17, 15) is 4.39 Å². The molecular weight excluding hydrogens is 299 g/mol. The Morgan fingerprint density at radius 3 is 2.64 bits per heavy atom. The SMILES string of the molecule is C[C@@H](N)CC1CCC(c2ccnc3ccc(F)cc23)CC1.Cl. The van der Waals surface area contributed by atoms with Crippen LogP contribution in [0.25, 0.3) is 10.9 Å². The van der Waals surface area contributed by atoms with Gasteiger partial charge >= 0.3 is 0 Å². The molecule has 1 aromatic heterocycles. The first-order valence-corrected chi connectivity index (χ1v) is 7.93. The molecule has 1 aromatic carbocycles. The molecule has 1 saturated carbocycles. The molecule has 0 saturated heterocycles. The Hall–Kier alpha value is -1.19. The van der Waals surface area contributed by atoms with Gasteiger partial charge in [0.15, 0.2) is 0 Å². The molecule has 0 radical (unpaired) electrons. The van der Waals surface area contributed by atoms with E-state index < -0.39 is 0 Å². The molecule has 0 amide bonds. The van der Waals surface area contributed by atoms with Gasteiger partial charge in [0, 0.05) is 17.6 Å². The average molecular weight is 323 g/mol. The molecule has 1 fully saturated rings. The highest BCUT2D eigenvalue weighted by Crippen LogP contribution is 2.39. The molecule has 3 rings (SSSR count). The van der Waals surface area contributed by atoms with Crippen LogP contribution < -0.4 is 5.73 Å². The summed E-state index contributed by atoms with van der Waals surface area (Å²) >= 11 is 0. The van der Waals surface area contributed by atoms with E-state index >= 15 is 0 Å². The van der Waals surface area contributed by atoms with Crippen LogP contribution in [0.1, 0.15) is 50.5 Å². The maximum absolute atomic E-state index is 13.5. The van der Waals surface area contributed by atoms with Gasteiger partial charge in [-0.15, -0.1) is 12.4 Å². The lowest BCUT2D eigenvalue weighted by Gasteiger charge is -2.30. The zero-order chi connectivity index (χ0) is 14.8. The summed E-state index contributed by atoms with van der Waals surface area (Å²) in [4.78, 5) is 4.35. The Morgan fingerprint density at radius 1 is 1.23 bits per heavy atom. The van der Waals surface area contributed by atoms with Crippen molar-refractivity contribution < 1.29 is 4.39 Å². The second-order valence-corrected chi connectivity index (χ2v) is 6.49. The van der Waals surface area contributed by atoms with E-state index in [2.05, 4.69) is 18.0 Å². The van der Waals surface area contributed by atoms with E-state index in [1.807, 2.05) is 6.20 Å². The molecule has 0 aliphatic heterocycles. The minimum Gasteiger partial charge on any atom is -0.328 e. The first-order chi connectivity index (χ1) is 10.1. The quantitative estimate of drug-likeness (QED) is 0.881. The highest BCUT2D eigenvalue weighted by atomic mass is 35.5. The number of benzene rings is 1. The van der Waals surface area contributed by atoms with Crippen LogP contribution in [-0.4, -0.2) is 11.0 Å². The maximum Gasteiger partial charge on any atom is 0.123 e. The van der Waals surface area contributed by atoms with Crippen molar-refractivity contribution in [2.75, 3.05) is 0 Å². The normalized spacial score (nSPS) is 23.0. The highest BCUT2D eigenvalue weighted by molar-refractivity contribution is 5.85. The van der Waals surface area contributed by atoms with Gasteiger partial charge < -0.3 is 5.73 Å². The van der Waals surface area contributed by atoms with Crippen molar-refractivity contribution in [3.63, 3.8) is 0 Å². The molecular formula is C18H24ClFN2. The van der Waals surface area contributed by atoms with E-state index in [1.165, 1.54) is 37.3 Å². The van der Waals surface area contributed by atoms with Crippen LogP contribution in [0.4, 0.5) is 4.39 Å². The number of nitrogens with zero attached hydrogens (tertiary/aromatic N) is 1. The number of fused-ring (bicyclic) bond motifs is 1. The molecule has 2 N–H and O–H groups in total. The summed E-state index contributed by atoms with van der Waals surface area (Å²) in [6.07, 6.45) is 7.78. The molecule has 0 unspecified atom stereocenters. The van der Waals surface area contributed by atoms with Crippen molar-refractivity contribution in [2.45, 2.75) is 51.0 Å². The molecule has 1 heterocycles. The zero-order valence-corrected chi connectivity index (χ0v) is 13.8. The van der Waals surface area contributed by atoms with E-state index in [0.717, 1.165) is 23.2 Å². The van der Waals surface area contributed by atoms with Crippen LogP contribution >= 0.6 is 12.4 Å². The summed E-state index contributed by atoms with van der Waals surface area (Å²) in [6.45, 7) is 2.09. The topological polar surface area (TPSA) is 38.9 Å². The monoisotopic (exact) mass is 322 g/mol. The average Bonchev–Trinajstić information content (AvgIpc) is 2.47. The lowest BCUT2D eigenvalue weighted by molar-refractivity contribution is 0.298. The Balaban J connectivity index is 0.00000176. The third-order valence-electron chi connectivity index (χ3n) is 4.73. The fourth-order valence-corrected chi connectivity index (χ4v) is 3.73. The van der Waals surface area contributed by atoms with Crippen molar-refractivity contribution >= 4 is 23.3 Å². The molecule has 2 aromatic rings. The van der Waals surface area contributed by atoms with Crippen LogP contribution in [-0.2, 0) is 0 Å². The summed E-state index contributed by atoms with van der Waals surface area (Å²) in [5, 5.41) is 0.980. The van der Waals surface area contributed by atoms with E-state index in [1.54, 1.807) is 12.1 Å². The highest BCUT2D eigenvalue weighted by Gasteiger charge is 2.24. The Bertz CT molecular complexity index is 622. The van der Waals surface area contributed by atoms with Crippen molar-refractivity contribution in [3.05, 3.63) is 41.8 Å². The lowest BCUT2D eigenvalue weighted by atomic mass is 9.76. The van der Waals surface area contributed by atoms with Gasteiger partial charge in [0.25, 0.3) is 0 Å². The van der Waals surface area contributed by atoms with Gasteiger partial charge in [-0.3, -0.25) is 4.98 Å². The second kappa shape index (κ2) is 7.38. The third-order valence-corrected chi connectivity index (χ3v) is 4.73. The standard InChI is InChI=1S/C18H23FN2.ClH/c1-12(20)10-13-2-4-14(5-3-13)16-8-9-21-18-7-6-15(19)11-17(16)18;/h6-9,11-14H,2-5,10,20H2,1H3;1H/t12-,13?,14?;/m1./s1. The predicted octanol–water partition coefficient (Wildman–Crippen LogP) is 4.81.